The van der Waals surface area contributed by atoms with Crippen molar-refractivity contribution in [2.45, 2.75) is 33.3 Å². The van der Waals surface area contributed by atoms with Crippen LogP contribution in [0.15, 0.2) is 12.1 Å². The number of rotatable bonds is 5. The molecule has 0 amide bonds. The average molecular weight is 459 g/mol. The lowest BCUT2D eigenvalue weighted by Gasteiger charge is -2.35. The molecule has 3 atom stereocenters. The van der Waals surface area contributed by atoms with Gasteiger partial charge in [-0.05, 0) is 30.0 Å². The molecule has 33 heavy (non-hydrogen) atoms. The summed E-state index contributed by atoms with van der Waals surface area (Å²) in [6, 6.07) is 3.85. The van der Waals surface area contributed by atoms with Gasteiger partial charge in [0.2, 0.25) is 18.3 Å². The highest BCUT2D eigenvalue weighted by Gasteiger charge is 2.39. The van der Waals surface area contributed by atoms with E-state index in [1.807, 2.05) is 12.1 Å². The van der Waals surface area contributed by atoms with Crippen LogP contribution in [-0.4, -0.2) is 41.2 Å². The zero-order chi connectivity index (χ0) is 23.9. The molecule has 2 aliphatic rings. The molecule has 1 aliphatic heterocycles. The molecule has 8 heteroatoms. The molecular weight excluding hydrogens is 428 g/mol. The molecule has 0 bridgehead atoms. The Bertz CT molecular complexity index is 1080. The minimum Gasteiger partial charge on any atom is -0.493 e. The van der Waals surface area contributed by atoms with Crippen LogP contribution in [0.25, 0.3) is 11.1 Å². The van der Waals surface area contributed by atoms with Gasteiger partial charge in [-0.15, -0.1) is 0 Å². The van der Waals surface area contributed by atoms with Gasteiger partial charge in [-0.25, -0.2) is 0 Å². The van der Waals surface area contributed by atoms with Gasteiger partial charge in [-0.2, -0.15) is 0 Å². The molecule has 0 radical (unpaired) electrons. The number of ether oxygens (including phenoxy) is 7. The average Bonchev–Trinajstić information content (AvgIpc) is 3.27. The normalized spacial score (nSPS) is 20.6. The van der Waals surface area contributed by atoms with Crippen LogP contribution in [0.5, 0.6) is 34.5 Å². The number of hydrogen-bond donors (Lipinski definition) is 0. The Balaban J connectivity index is 2.16. The van der Waals surface area contributed by atoms with Crippen LogP contribution in [0.4, 0.5) is 0 Å². The van der Waals surface area contributed by atoms with E-state index in [0.29, 0.717) is 40.9 Å². The number of hydrogen-bond acceptors (Lipinski definition) is 8. The highest BCUT2D eigenvalue weighted by atomic mass is 16.7. The lowest BCUT2D eigenvalue weighted by Crippen LogP contribution is -2.26. The Morgan fingerprint density at radius 1 is 0.909 bits per heavy atom. The van der Waals surface area contributed by atoms with Gasteiger partial charge < -0.3 is 33.2 Å². The summed E-state index contributed by atoms with van der Waals surface area (Å²) in [5.74, 6) is 2.90. The first kappa shape index (κ1) is 22.9. The van der Waals surface area contributed by atoms with E-state index in [1.165, 1.54) is 6.92 Å². The van der Waals surface area contributed by atoms with Crippen molar-refractivity contribution in [2.75, 3.05) is 35.2 Å². The molecule has 1 heterocycles. The number of carbonyl (C=O) groups is 1. The summed E-state index contributed by atoms with van der Waals surface area (Å²) in [7, 11) is 6.34. The zero-order valence-electron chi connectivity index (χ0n) is 20.1. The first-order chi connectivity index (χ1) is 15.9. The first-order valence-corrected chi connectivity index (χ1v) is 10.9. The quantitative estimate of drug-likeness (QED) is 0.604. The summed E-state index contributed by atoms with van der Waals surface area (Å²) >= 11 is 0. The third-order valence-corrected chi connectivity index (χ3v) is 6.53. The summed E-state index contributed by atoms with van der Waals surface area (Å²) in [5.41, 5.74) is 3.27. The molecule has 0 unspecified atom stereocenters. The molecule has 8 nitrogen and oxygen atoms in total. The van der Waals surface area contributed by atoms with Crippen molar-refractivity contribution in [1.82, 2.24) is 0 Å². The molecule has 0 N–H and O–H groups in total. The van der Waals surface area contributed by atoms with E-state index < -0.39 is 6.10 Å². The minimum absolute atomic E-state index is 0.00460. The van der Waals surface area contributed by atoms with Gasteiger partial charge in [-0.1, -0.05) is 13.8 Å². The van der Waals surface area contributed by atoms with E-state index in [9.17, 15) is 4.79 Å². The standard InChI is InChI=1S/C25H30O8/c1-12-8-15-9-17(27-4)22(28-5)24(29-6)19(15)20-16(21(13(12)2)33-14(3)26)10-18-23(25(20)30-7)32-11-31-18/h9-10,12-13,21H,8,11H2,1-7H3/t12-,13-,21-/m1/s1. The summed E-state index contributed by atoms with van der Waals surface area (Å²) < 4.78 is 40.4. The second-order valence-electron chi connectivity index (χ2n) is 8.36. The number of benzene rings is 2. The summed E-state index contributed by atoms with van der Waals surface area (Å²) in [6.45, 7) is 5.72. The number of methoxy groups -OCH3 is 4. The van der Waals surface area contributed by atoms with Crippen molar-refractivity contribution in [3.8, 4) is 45.6 Å². The molecule has 0 fully saturated rings. The molecule has 2 aromatic rings. The smallest absolute Gasteiger partial charge is 0.303 e. The third-order valence-electron chi connectivity index (χ3n) is 6.53. The predicted octanol–water partition coefficient (Wildman–Crippen LogP) is 4.55. The minimum atomic E-state index is -0.526. The van der Waals surface area contributed by atoms with Gasteiger partial charge in [0, 0.05) is 29.5 Å². The van der Waals surface area contributed by atoms with E-state index in [2.05, 4.69) is 13.8 Å². The fourth-order valence-corrected chi connectivity index (χ4v) is 4.81. The van der Waals surface area contributed by atoms with Gasteiger partial charge in [0.05, 0.1) is 28.4 Å². The van der Waals surface area contributed by atoms with E-state index in [0.717, 1.165) is 22.3 Å². The Kier molecular flexibility index (Phi) is 6.19. The topological polar surface area (TPSA) is 81.7 Å². The van der Waals surface area contributed by atoms with Gasteiger partial charge in [-0.3, -0.25) is 4.79 Å². The van der Waals surface area contributed by atoms with Crippen LogP contribution in [-0.2, 0) is 16.0 Å². The van der Waals surface area contributed by atoms with Crippen LogP contribution in [0.2, 0.25) is 0 Å². The Morgan fingerprint density at radius 2 is 1.61 bits per heavy atom. The van der Waals surface area contributed by atoms with Crippen LogP contribution in [0, 0.1) is 11.8 Å². The number of fused-ring (bicyclic) bond motifs is 4. The SMILES string of the molecule is COc1cc2c(c(OC)c1OC)-c1c(cc3c(c1OC)OCO3)[C@H](OC(C)=O)[C@H](C)[C@H](C)C2. The largest absolute Gasteiger partial charge is 0.493 e. The van der Waals surface area contributed by atoms with Crippen LogP contribution >= 0.6 is 0 Å². The zero-order valence-corrected chi connectivity index (χ0v) is 20.1. The lowest BCUT2D eigenvalue weighted by atomic mass is 9.76. The van der Waals surface area contributed by atoms with Crippen molar-refractivity contribution >= 4 is 5.97 Å². The molecule has 1 aliphatic carbocycles. The monoisotopic (exact) mass is 458 g/mol. The Hall–Kier alpha value is -3.29. The lowest BCUT2D eigenvalue weighted by molar-refractivity contribution is -0.150. The molecule has 2 aromatic carbocycles. The molecular formula is C25H30O8. The van der Waals surface area contributed by atoms with Crippen LogP contribution in [0.1, 0.15) is 38.0 Å². The molecule has 0 saturated carbocycles. The maximum atomic E-state index is 12.1. The highest BCUT2D eigenvalue weighted by molar-refractivity contribution is 5.89. The molecule has 0 saturated heterocycles. The molecule has 4 rings (SSSR count). The Labute approximate surface area is 193 Å². The van der Waals surface area contributed by atoms with Crippen molar-refractivity contribution in [3.05, 3.63) is 23.3 Å². The van der Waals surface area contributed by atoms with E-state index in [1.54, 1.807) is 28.4 Å². The second kappa shape index (κ2) is 8.92. The van der Waals surface area contributed by atoms with Gasteiger partial charge in [0.1, 0.15) is 6.10 Å². The fourth-order valence-electron chi connectivity index (χ4n) is 4.81. The fraction of sp³-hybridized carbons (Fsp3) is 0.480. The van der Waals surface area contributed by atoms with Gasteiger partial charge in [0.25, 0.3) is 0 Å². The van der Waals surface area contributed by atoms with Crippen molar-refractivity contribution in [3.63, 3.8) is 0 Å². The maximum absolute atomic E-state index is 12.1. The summed E-state index contributed by atoms with van der Waals surface area (Å²) in [4.78, 5) is 12.1. The molecule has 0 aromatic heterocycles. The van der Waals surface area contributed by atoms with E-state index in [-0.39, 0.29) is 24.6 Å². The number of esters is 1. The Morgan fingerprint density at radius 3 is 2.21 bits per heavy atom. The second-order valence-corrected chi connectivity index (χ2v) is 8.36. The molecule has 0 spiro atoms. The predicted molar refractivity (Wildman–Crippen MR) is 121 cm³/mol. The van der Waals surface area contributed by atoms with Gasteiger partial charge >= 0.3 is 5.97 Å². The van der Waals surface area contributed by atoms with Crippen LogP contribution in [0.3, 0.4) is 0 Å². The first-order valence-electron chi connectivity index (χ1n) is 10.9. The highest BCUT2D eigenvalue weighted by Crippen LogP contribution is 2.58. The van der Waals surface area contributed by atoms with Crippen molar-refractivity contribution in [2.24, 2.45) is 11.8 Å². The van der Waals surface area contributed by atoms with Crippen molar-refractivity contribution in [1.29, 1.82) is 0 Å². The number of carbonyl (C=O) groups excluding carboxylic acids is 1. The van der Waals surface area contributed by atoms with E-state index >= 15 is 0 Å². The van der Waals surface area contributed by atoms with Crippen molar-refractivity contribution < 1.29 is 38.0 Å². The maximum Gasteiger partial charge on any atom is 0.303 e. The van der Waals surface area contributed by atoms with Gasteiger partial charge in [0.15, 0.2) is 23.0 Å². The summed E-state index contributed by atoms with van der Waals surface area (Å²) in [5, 5.41) is 0. The van der Waals surface area contributed by atoms with E-state index in [4.69, 9.17) is 33.2 Å². The third kappa shape index (κ3) is 3.67. The summed E-state index contributed by atoms with van der Waals surface area (Å²) in [6.07, 6.45) is 0.170. The molecule has 178 valence electrons. The van der Waals surface area contributed by atoms with Crippen LogP contribution < -0.4 is 28.4 Å².